The van der Waals surface area contributed by atoms with Gasteiger partial charge in [-0.25, -0.2) is 4.79 Å². The van der Waals surface area contributed by atoms with Crippen LogP contribution in [-0.4, -0.2) is 40.4 Å². The molecule has 0 saturated carbocycles. The average Bonchev–Trinajstić information content (AvgIpc) is 2.72. The second-order valence-corrected chi connectivity index (χ2v) is 5.49. The molecule has 1 amide bonds. The topological polar surface area (TPSA) is 49.8 Å². The summed E-state index contributed by atoms with van der Waals surface area (Å²) >= 11 is 0. The highest BCUT2D eigenvalue weighted by Gasteiger charge is 2.46. The Labute approximate surface area is 95.9 Å². The third-order valence-electron chi connectivity index (χ3n) is 3.09. The van der Waals surface area contributed by atoms with E-state index in [1.807, 2.05) is 26.8 Å². The molecule has 2 rings (SSSR count). The van der Waals surface area contributed by atoms with E-state index in [9.17, 15) is 9.90 Å². The summed E-state index contributed by atoms with van der Waals surface area (Å²) in [5, 5.41) is 9.32. The van der Waals surface area contributed by atoms with E-state index in [4.69, 9.17) is 4.74 Å². The molecule has 0 aromatic carbocycles. The lowest BCUT2D eigenvalue weighted by Gasteiger charge is -2.33. The predicted molar refractivity (Wildman–Crippen MR) is 60.0 cm³/mol. The quantitative estimate of drug-likeness (QED) is 0.689. The fraction of sp³-hybridized carbons (Fsp3) is 0.750. The van der Waals surface area contributed by atoms with E-state index in [-0.39, 0.29) is 24.8 Å². The van der Waals surface area contributed by atoms with Crippen molar-refractivity contribution in [3.63, 3.8) is 0 Å². The van der Waals surface area contributed by atoms with Crippen LogP contribution in [0.5, 0.6) is 0 Å². The number of carbonyl (C=O) groups excluding carboxylic acids is 1. The van der Waals surface area contributed by atoms with Crippen molar-refractivity contribution in [2.24, 2.45) is 5.92 Å². The summed E-state index contributed by atoms with van der Waals surface area (Å²) in [6.07, 6.45) is 4.72. The number of nitrogens with zero attached hydrogens (tertiary/aromatic N) is 1. The highest BCUT2D eigenvalue weighted by molar-refractivity contribution is 5.70. The van der Waals surface area contributed by atoms with Gasteiger partial charge in [-0.2, -0.15) is 0 Å². The third kappa shape index (κ3) is 1.94. The molecule has 0 radical (unpaired) electrons. The fourth-order valence-electron chi connectivity index (χ4n) is 2.46. The van der Waals surface area contributed by atoms with Crippen LogP contribution in [0.3, 0.4) is 0 Å². The van der Waals surface area contributed by atoms with Gasteiger partial charge < -0.3 is 9.84 Å². The van der Waals surface area contributed by atoms with Gasteiger partial charge in [0.2, 0.25) is 0 Å². The van der Waals surface area contributed by atoms with E-state index in [0.717, 1.165) is 6.42 Å². The molecule has 90 valence electrons. The summed E-state index contributed by atoms with van der Waals surface area (Å²) in [6, 6.07) is 0.00171. The summed E-state index contributed by atoms with van der Waals surface area (Å²) in [4.78, 5) is 13.7. The second kappa shape index (κ2) is 3.77. The normalized spacial score (nSPS) is 32.2. The number of aliphatic hydroxyl groups excluding tert-OH is 1. The number of amides is 1. The Morgan fingerprint density at radius 2 is 2.19 bits per heavy atom. The minimum atomic E-state index is -0.483. The molecule has 0 aromatic rings. The Bertz CT molecular complexity index is 319. The van der Waals surface area contributed by atoms with Crippen molar-refractivity contribution in [1.29, 1.82) is 0 Å². The molecule has 16 heavy (non-hydrogen) atoms. The Balaban J connectivity index is 2.09. The van der Waals surface area contributed by atoms with Crippen LogP contribution < -0.4 is 0 Å². The van der Waals surface area contributed by atoms with Crippen LogP contribution in [0.2, 0.25) is 0 Å². The molecule has 2 bridgehead atoms. The molecular weight excluding hydrogens is 206 g/mol. The first-order valence-electron chi connectivity index (χ1n) is 5.73. The van der Waals surface area contributed by atoms with Crippen LogP contribution in [0.25, 0.3) is 0 Å². The van der Waals surface area contributed by atoms with E-state index >= 15 is 0 Å². The van der Waals surface area contributed by atoms with Crippen LogP contribution in [0, 0.1) is 5.92 Å². The van der Waals surface area contributed by atoms with Gasteiger partial charge in [0.05, 0.1) is 18.7 Å². The molecule has 1 saturated heterocycles. The summed E-state index contributed by atoms with van der Waals surface area (Å²) in [5.41, 5.74) is -0.483. The number of rotatable bonds is 1. The van der Waals surface area contributed by atoms with Crippen LogP contribution in [0.4, 0.5) is 4.79 Å². The molecule has 4 nitrogen and oxygen atoms in total. The second-order valence-electron chi connectivity index (χ2n) is 5.49. The van der Waals surface area contributed by atoms with Crippen LogP contribution in [0.15, 0.2) is 12.2 Å². The summed E-state index contributed by atoms with van der Waals surface area (Å²) < 4.78 is 5.35. The summed E-state index contributed by atoms with van der Waals surface area (Å²) in [6.45, 7) is 5.56. The summed E-state index contributed by atoms with van der Waals surface area (Å²) in [7, 11) is 0. The van der Waals surface area contributed by atoms with Gasteiger partial charge in [0, 0.05) is 5.92 Å². The molecule has 1 heterocycles. The Hall–Kier alpha value is -1.03. The standard InChI is InChI=1S/C12H19NO3/c1-12(2,3)16-11(15)13-9-5-4-8(6-9)10(13)7-14/h4-5,8-10,14H,6-7H2,1-3H3. The number of ether oxygens (including phenoxy) is 1. The first kappa shape index (κ1) is 11.5. The zero-order valence-electron chi connectivity index (χ0n) is 10.0. The average molecular weight is 225 g/mol. The number of likely N-dealkylation sites (tertiary alicyclic amines) is 1. The van der Waals surface area contributed by atoms with Crippen molar-refractivity contribution in [3.05, 3.63) is 12.2 Å². The van der Waals surface area contributed by atoms with E-state index in [2.05, 4.69) is 6.08 Å². The van der Waals surface area contributed by atoms with Crippen LogP contribution in [0.1, 0.15) is 27.2 Å². The van der Waals surface area contributed by atoms with Crippen molar-refractivity contribution in [2.75, 3.05) is 6.61 Å². The largest absolute Gasteiger partial charge is 0.444 e. The van der Waals surface area contributed by atoms with E-state index in [1.165, 1.54) is 0 Å². The molecule has 1 aliphatic carbocycles. The molecule has 1 fully saturated rings. The number of hydrogen-bond donors (Lipinski definition) is 1. The van der Waals surface area contributed by atoms with Gasteiger partial charge in [-0.3, -0.25) is 4.90 Å². The van der Waals surface area contributed by atoms with Crippen LogP contribution >= 0.6 is 0 Å². The Kier molecular flexibility index (Phi) is 2.70. The van der Waals surface area contributed by atoms with Gasteiger partial charge in [-0.15, -0.1) is 0 Å². The molecule has 1 N–H and O–H groups in total. The molecular formula is C12H19NO3. The van der Waals surface area contributed by atoms with Gasteiger partial charge in [-0.1, -0.05) is 12.2 Å². The molecule has 4 heteroatoms. The van der Waals surface area contributed by atoms with Gasteiger partial charge in [-0.05, 0) is 27.2 Å². The van der Waals surface area contributed by atoms with Crippen molar-refractivity contribution in [3.8, 4) is 0 Å². The zero-order valence-corrected chi connectivity index (χ0v) is 10.0. The predicted octanol–water partition coefficient (Wildman–Crippen LogP) is 1.54. The first-order valence-corrected chi connectivity index (χ1v) is 5.73. The lowest BCUT2D eigenvalue weighted by Crippen LogP contribution is -2.47. The Morgan fingerprint density at radius 1 is 1.50 bits per heavy atom. The molecule has 3 atom stereocenters. The lowest BCUT2D eigenvalue weighted by atomic mass is 10.0. The van der Waals surface area contributed by atoms with E-state index in [1.54, 1.807) is 4.90 Å². The van der Waals surface area contributed by atoms with Gasteiger partial charge in [0.15, 0.2) is 0 Å². The zero-order chi connectivity index (χ0) is 11.9. The van der Waals surface area contributed by atoms with Crippen molar-refractivity contribution in [2.45, 2.75) is 44.9 Å². The van der Waals surface area contributed by atoms with E-state index in [0.29, 0.717) is 5.92 Å². The van der Waals surface area contributed by atoms with Crippen LogP contribution in [-0.2, 0) is 4.74 Å². The van der Waals surface area contributed by atoms with Crippen molar-refractivity contribution >= 4 is 6.09 Å². The first-order chi connectivity index (χ1) is 7.42. The molecule has 1 aliphatic heterocycles. The number of carbonyl (C=O) groups is 1. The SMILES string of the molecule is CC(C)(C)OC(=O)N1C2C=CC(C2)C1CO. The third-order valence-corrected chi connectivity index (χ3v) is 3.09. The highest BCUT2D eigenvalue weighted by Crippen LogP contribution is 2.37. The van der Waals surface area contributed by atoms with Gasteiger partial charge >= 0.3 is 6.09 Å². The van der Waals surface area contributed by atoms with Crippen molar-refractivity contribution < 1.29 is 14.6 Å². The Morgan fingerprint density at radius 3 is 2.75 bits per heavy atom. The number of hydrogen-bond acceptors (Lipinski definition) is 3. The number of aliphatic hydroxyl groups is 1. The van der Waals surface area contributed by atoms with Crippen molar-refractivity contribution in [1.82, 2.24) is 4.90 Å². The number of fused-ring (bicyclic) bond motifs is 2. The molecule has 0 aromatic heterocycles. The lowest BCUT2D eigenvalue weighted by molar-refractivity contribution is 0.00967. The maximum atomic E-state index is 12.0. The molecule has 2 aliphatic rings. The molecule has 3 unspecified atom stereocenters. The summed E-state index contributed by atoms with van der Waals surface area (Å²) in [5.74, 6) is 0.294. The minimum Gasteiger partial charge on any atom is -0.444 e. The fourth-order valence-corrected chi connectivity index (χ4v) is 2.46. The minimum absolute atomic E-state index is 0.00471. The van der Waals surface area contributed by atoms with Gasteiger partial charge in [0.1, 0.15) is 5.60 Å². The molecule has 0 spiro atoms. The monoisotopic (exact) mass is 225 g/mol. The highest BCUT2D eigenvalue weighted by atomic mass is 16.6. The maximum Gasteiger partial charge on any atom is 0.411 e. The van der Waals surface area contributed by atoms with E-state index < -0.39 is 5.60 Å². The maximum absolute atomic E-state index is 12.0. The van der Waals surface area contributed by atoms with Gasteiger partial charge in [0.25, 0.3) is 0 Å². The smallest absolute Gasteiger partial charge is 0.411 e.